The molecule has 2 bridgehead atoms. The van der Waals surface area contributed by atoms with Crippen LogP contribution in [0, 0.1) is 0 Å². The minimum atomic E-state index is 0.0790. The Hall–Kier alpha value is -1.62. The molecule has 2 aromatic heterocycles. The SMILES string of the molecule is CCCOc1nccn2cc(C34COC(C)(C3)C4)nc12. The van der Waals surface area contributed by atoms with Gasteiger partial charge in [0.15, 0.2) is 0 Å². The summed E-state index contributed by atoms with van der Waals surface area (Å²) >= 11 is 0. The normalized spacial score (nSPS) is 31.5. The Morgan fingerprint density at radius 2 is 2.30 bits per heavy atom. The predicted molar refractivity (Wildman–Crippen MR) is 74.0 cm³/mol. The molecule has 5 rings (SSSR count). The van der Waals surface area contributed by atoms with Crippen LogP contribution in [-0.4, -0.2) is 33.2 Å². The summed E-state index contributed by atoms with van der Waals surface area (Å²) in [5.41, 5.74) is 2.12. The number of hydrogen-bond donors (Lipinski definition) is 0. The summed E-state index contributed by atoms with van der Waals surface area (Å²) in [6, 6.07) is 0. The molecule has 4 heterocycles. The predicted octanol–water partition coefficient (Wildman–Crippen LogP) is 2.34. The maximum atomic E-state index is 5.87. The Kier molecular flexibility index (Phi) is 2.40. The molecule has 20 heavy (non-hydrogen) atoms. The van der Waals surface area contributed by atoms with Crippen LogP contribution in [0.15, 0.2) is 18.6 Å². The third-order valence-corrected chi connectivity index (χ3v) is 4.45. The molecule has 3 aliphatic rings. The van der Waals surface area contributed by atoms with Crippen LogP contribution < -0.4 is 4.74 Å². The van der Waals surface area contributed by atoms with E-state index in [1.54, 1.807) is 6.20 Å². The third-order valence-electron chi connectivity index (χ3n) is 4.45. The van der Waals surface area contributed by atoms with Crippen molar-refractivity contribution in [1.82, 2.24) is 14.4 Å². The standard InChI is InChI=1S/C15H19N3O2/c1-3-6-19-13-12-17-11(7-18(12)5-4-16-13)15-8-14(2,9-15)20-10-15/h4-5,7H,3,6,8-10H2,1-2H3. The van der Waals surface area contributed by atoms with Crippen LogP contribution >= 0.6 is 0 Å². The van der Waals surface area contributed by atoms with Crippen molar-refractivity contribution in [2.45, 2.75) is 44.1 Å². The van der Waals surface area contributed by atoms with Gasteiger partial charge in [0, 0.05) is 24.0 Å². The highest BCUT2D eigenvalue weighted by atomic mass is 16.5. The average molecular weight is 273 g/mol. The molecule has 0 amide bonds. The Bertz CT molecular complexity index is 658. The second-order valence-electron chi connectivity index (χ2n) is 6.31. The van der Waals surface area contributed by atoms with E-state index in [2.05, 4.69) is 25.0 Å². The average Bonchev–Trinajstić information content (AvgIpc) is 3.06. The van der Waals surface area contributed by atoms with Gasteiger partial charge >= 0.3 is 0 Å². The van der Waals surface area contributed by atoms with E-state index in [1.165, 1.54) is 0 Å². The monoisotopic (exact) mass is 273 g/mol. The number of aromatic nitrogens is 3. The van der Waals surface area contributed by atoms with Gasteiger partial charge in [-0.2, -0.15) is 0 Å². The van der Waals surface area contributed by atoms with Gasteiger partial charge in [0.25, 0.3) is 5.88 Å². The van der Waals surface area contributed by atoms with Crippen molar-refractivity contribution in [2.24, 2.45) is 0 Å². The summed E-state index contributed by atoms with van der Waals surface area (Å²) in [6.07, 6.45) is 8.90. The van der Waals surface area contributed by atoms with Crippen molar-refractivity contribution < 1.29 is 9.47 Å². The fourth-order valence-corrected chi connectivity index (χ4v) is 3.60. The molecule has 0 aromatic carbocycles. The first-order valence-electron chi connectivity index (χ1n) is 7.25. The van der Waals surface area contributed by atoms with Gasteiger partial charge in [-0.05, 0) is 26.2 Å². The highest BCUT2D eigenvalue weighted by molar-refractivity contribution is 5.51. The van der Waals surface area contributed by atoms with Crippen LogP contribution in [0.1, 0.15) is 38.8 Å². The maximum Gasteiger partial charge on any atom is 0.258 e. The summed E-state index contributed by atoms with van der Waals surface area (Å²) in [7, 11) is 0. The van der Waals surface area contributed by atoms with Crippen LogP contribution in [-0.2, 0) is 10.2 Å². The lowest BCUT2D eigenvalue weighted by atomic mass is 9.62. The Balaban J connectivity index is 1.72. The number of hydrogen-bond acceptors (Lipinski definition) is 4. The summed E-state index contributed by atoms with van der Waals surface area (Å²) in [6.45, 7) is 5.72. The van der Waals surface area contributed by atoms with Crippen LogP contribution in [0.3, 0.4) is 0 Å². The summed E-state index contributed by atoms with van der Waals surface area (Å²) < 4.78 is 13.6. The molecule has 3 fully saturated rings. The second-order valence-corrected chi connectivity index (χ2v) is 6.31. The second kappa shape index (κ2) is 3.95. The van der Waals surface area contributed by atoms with Gasteiger partial charge in [0.1, 0.15) is 0 Å². The van der Waals surface area contributed by atoms with E-state index in [0.29, 0.717) is 12.5 Å². The third kappa shape index (κ3) is 1.59. The van der Waals surface area contributed by atoms with E-state index >= 15 is 0 Å². The minimum Gasteiger partial charge on any atom is -0.475 e. The number of ether oxygens (including phenoxy) is 2. The molecule has 0 unspecified atom stereocenters. The molecular weight excluding hydrogens is 254 g/mol. The maximum absolute atomic E-state index is 5.87. The van der Waals surface area contributed by atoms with Crippen molar-refractivity contribution in [3.63, 3.8) is 0 Å². The highest BCUT2D eigenvalue weighted by Crippen LogP contribution is 2.58. The molecule has 1 aliphatic carbocycles. The first-order valence-corrected chi connectivity index (χ1v) is 7.25. The lowest BCUT2D eigenvalue weighted by Gasteiger charge is -2.41. The van der Waals surface area contributed by atoms with Gasteiger partial charge < -0.3 is 13.9 Å². The van der Waals surface area contributed by atoms with Crippen molar-refractivity contribution in [1.29, 1.82) is 0 Å². The molecule has 5 nitrogen and oxygen atoms in total. The molecule has 0 spiro atoms. The van der Waals surface area contributed by atoms with Gasteiger partial charge in [-0.25, -0.2) is 9.97 Å². The Morgan fingerprint density at radius 1 is 1.45 bits per heavy atom. The zero-order valence-corrected chi connectivity index (χ0v) is 11.9. The number of nitrogens with zero attached hydrogens (tertiary/aromatic N) is 3. The van der Waals surface area contributed by atoms with Gasteiger partial charge in [-0.3, -0.25) is 0 Å². The molecule has 1 saturated carbocycles. The van der Waals surface area contributed by atoms with E-state index in [0.717, 1.165) is 37.2 Å². The lowest BCUT2D eigenvalue weighted by Crippen LogP contribution is -2.45. The fraction of sp³-hybridized carbons (Fsp3) is 0.600. The molecule has 0 atom stereocenters. The van der Waals surface area contributed by atoms with Crippen molar-refractivity contribution in [3.05, 3.63) is 24.3 Å². The van der Waals surface area contributed by atoms with Crippen molar-refractivity contribution in [3.8, 4) is 5.88 Å². The molecule has 2 aliphatic heterocycles. The first-order chi connectivity index (χ1) is 9.64. The number of rotatable bonds is 4. The fourth-order valence-electron chi connectivity index (χ4n) is 3.60. The van der Waals surface area contributed by atoms with E-state index in [9.17, 15) is 0 Å². The molecular formula is C15H19N3O2. The summed E-state index contributed by atoms with van der Waals surface area (Å²) in [5, 5.41) is 0. The van der Waals surface area contributed by atoms with Gasteiger partial charge in [-0.1, -0.05) is 6.92 Å². The zero-order chi connectivity index (χ0) is 13.8. The Labute approximate surface area is 117 Å². The van der Waals surface area contributed by atoms with Gasteiger partial charge in [-0.15, -0.1) is 0 Å². The van der Waals surface area contributed by atoms with E-state index in [-0.39, 0.29) is 11.0 Å². The molecule has 2 saturated heterocycles. The first kappa shape index (κ1) is 12.1. The summed E-state index contributed by atoms with van der Waals surface area (Å²) in [4.78, 5) is 9.08. The summed E-state index contributed by atoms with van der Waals surface area (Å²) in [5.74, 6) is 0.623. The number of imidazole rings is 1. The largest absolute Gasteiger partial charge is 0.475 e. The van der Waals surface area contributed by atoms with E-state index in [4.69, 9.17) is 14.5 Å². The zero-order valence-electron chi connectivity index (χ0n) is 11.9. The van der Waals surface area contributed by atoms with Crippen LogP contribution in [0.25, 0.3) is 5.65 Å². The van der Waals surface area contributed by atoms with Crippen LogP contribution in [0.5, 0.6) is 5.88 Å². The van der Waals surface area contributed by atoms with E-state index < -0.39 is 0 Å². The van der Waals surface area contributed by atoms with E-state index in [1.807, 2.05) is 10.6 Å². The smallest absolute Gasteiger partial charge is 0.258 e. The molecule has 5 heteroatoms. The molecule has 0 N–H and O–H groups in total. The lowest BCUT2D eigenvalue weighted by molar-refractivity contribution is 0.0154. The molecule has 106 valence electrons. The molecule has 0 radical (unpaired) electrons. The van der Waals surface area contributed by atoms with Crippen LogP contribution in [0.2, 0.25) is 0 Å². The van der Waals surface area contributed by atoms with Gasteiger partial charge in [0.05, 0.1) is 24.5 Å². The van der Waals surface area contributed by atoms with Crippen LogP contribution in [0.4, 0.5) is 0 Å². The topological polar surface area (TPSA) is 48.7 Å². The minimum absolute atomic E-state index is 0.0790. The van der Waals surface area contributed by atoms with Crippen molar-refractivity contribution >= 4 is 5.65 Å². The number of fused-ring (bicyclic) bond motifs is 2. The Morgan fingerprint density at radius 3 is 3.00 bits per heavy atom. The molecule has 2 aromatic rings. The quantitative estimate of drug-likeness (QED) is 0.858. The van der Waals surface area contributed by atoms with Crippen molar-refractivity contribution in [2.75, 3.05) is 13.2 Å². The van der Waals surface area contributed by atoms with Gasteiger partial charge in [0.2, 0.25) is 5.65 Å². The highest BCUT2D eigenvalue weighted by Gasteiger charge is 2.61.